The largest absolute Gasteiger partial charge is 0.377 e. The van der Waals surface area contributed by atoms with Gasteiger partial charge in [0.05, 0.1) is 19.8 Å². The molecule has 0 saturated heterocycles. The molecule has 9 heteroatoms. The Labute approximate surface area is 154 Å². The van der Waals surface area contributed by atoms with Crippen LogP contribution >= 0.6 is 11.8 Å². The minimum Gasteiger partial charge on any atom is -0.377 e. The van der Waals surface area contributed by atoms with Gasteiger partial charge in [0.1, 0.15) is 13.0 Å². The molecule has 0 radical (unpaired) electrons. The minimum absolute atomic E-state index is 0.0583. The number of methoxy groups -OCH3 is 1. The van der Waals surface area contributed by atoms with E-state index in [4.69, 9.17) is 25.1 Å². The number of nitrogens with two attached hydrogens (primary N) is 1. The Morgan fingerprint density at radius 3 is 2.60 bits per heavy atom. The summed E-state index contributed by atoms with van der Waals surface area (Å²) in [6.45, 7) is 6.75. The second-order valence-electron chi connectivity index (χ2n) is 6.26. The Balaban J connectivity index is 3.68. The predicted molar refractivity (Wildman–Crippen MR) is 97.9 cm³/mol. The summed E-state index contributed by atoms with van der Waals surface area (Å²) >= 11 is 1.61. The number of aliphatic hydroxyl groups excluding tert-OH is 2. The van der Waals surface area contributed by atoms with E-state index in [-0.39, 0.29) is 25.2 Å². The lowest BCUT2D eigenvalue weighted by Gasteiger charge is -2.31. The molecule has 8 nitrogen and oxygen atoms in total. The summed E-state index contributed by atoms with van der Waals surface area (Å²) < 4.78 is 15.8. The van der Waals surface area contributed by atoms with Crippen LogP contribution in [-0.2, 0) is 19.0 Å². The molecule has 0 bridgehead atoms. The Bertz CT molecular complexity index is 362. The van der Waals surface area contributed by atoms with Crippen LogP contribution in [0.1, 0.15) is 27.2 Å². The maximum atomic E-state index is 11.7. The van der Waals surface area contributed by atoms with E-state index < -0.39 is 17.9 Å². The van der Waals surface area contributed by atoms with E-state index in [9.17, 15) is 9.90 Å². The van der Waals surface area contributed by atoms with Crippen LogP contribution in [-0.4, -0.2) is 73.8 Å². The van der Waals surface area contributed by atoms with Crippen molar-refractivity contribution in [3.8, 4) is 0 Å². The average molecular weight is 383 g/mol. The third-order valence-corrected chi connectivity index (χ3v) is 5.09. The smallest absolute Gasteiger partial charge is 0.223 e. The monoisotopic (exact) mass is 382 g/mol. The highest BCUT2D eigenvalue weighted by Gasteiger charge is 2.31. The number of carbonyl (C=O) groups is 1. The lowest BCUT2D eigenvalue weighted by Crippen LogP contribution is -2.39. The van der Waals surface area contributed by atoms with Gasteiger partial charge in [-0.2, -0.15) is 11.8 Å². The van der Waals surface area contributed by atoms with Crippen LogP contribution in [0.25, 0.3) is 0 Å². The lowest BCUT2D eigenvalue weighted by atomic mass is 9.88. The van der Waals surface area contributed by atoms with Crippen molar-refractivity contribution >= 4 is 17.7 Å². The zero-order valence-corrected chi connectivity index (χ0v) is 16.5. The number of thioether (sulfide) groups is 1. The number of ether oxygens (including phenoxy) is 3. The molecule has 0 heterocycles. The molecule has 0 aliphatic carbocycles. The van der Waals surface area contributed by atoms with E-state index in [0.29, 0.717) is 19.0 Å². The van der Waals surface area contributed by atoms with Gasteiger partial charge in [-0.05, 0) is 6.42 Å². The van der Waals surface area contributed by atoms with E-state index in [1.807, 2.05) is 20.8 Å². The van der Waals surface area contributed by atoms with Gasteiger partial charge in [0, 0.05) is 29.9 Å². The summed E-state index contributed by atoms with van der Waals surface area (Å²) in [7, 11) is 1.46. The first kappa shape index (κ1) is 24.6. The molecule has 4 unspecified atom stereocenters. The van der Waals surface area contributed by atoms with Crippen molar-refractivity contribution in [2.24, 2.45) is 17.1 Å². The van der Waals surface area contributed by atoms with Gasteiger partial charge in [-0.15, -0.1) is 0 Å². The Hall–Kier alpha value is -0.420. The fourth-order valence-corrected chi connectivity index (χ4v) is 2.77. The molecule has 0 fully saturated rings. The van der Waals surface area contributed by atoms with E-state index >= 15 is 0 Å². The molecular weight excluding hydrogens is 348 g/mol. The normalized spacial score (nSPS) is 17.6. The van der Waals surface area contributed by atoms with Gasteiger partial charge >= 0.3 is 0 Å². The van der Waals surface area contributed by atoms with Gasteiger partial charge in [0.15, 0.2) is 6.29 Å². The quantitative estimate of drug-likeness (QED) is 0.233. The minimum atomic E-state index is -1.03. The van der Waals surface area contributed by atoms with Crippen LogP contribution < -0.4 is 11.1 Å². The first-order chi connectivity index (χ1) is 11.8. The second kappa shape index (κ2) is 13.7. The van der Waals surface area contributed by atoms with Crippen molar-refractivity contribution in [2.75, 3.05) is 45.2 Å². The van der Waals surface area contributed by atoms with Crippen LogP contribution in [0.4, 0.5) is 0 Å². The van der Waals surface area contributed by atoms with Crippen LogP contribution in [0.2, 0.25) is 0 Å². The Morgan fingerprint density at radius 1 is 1.36 bits per heavy atom. The molecule has 150 valence electrons. The number of carbonyl (C=O) groups excluding carboxylic acids is 1. The van der Waals surface area contributed by atoms with E-state index in [1.54, 1.807) is 11.8 Å². The van der Waals surface area contributed by atoms with Gasteiger partial charge in [0.2, 0.25) is 5.91 Å². The standard InChI is InChI=1S/C16H34N2O6S/c1-5-16(3,15(21)22-4)10-24-11-23-6-7-25-9-12(2)14(20)18-8-13(17)19/h12-13,15,19,21H,5-11,17H2,1-4H3,(H,18,20). The molecule has 0 aromatic rings. The van der Waals surface area contributed by atoms with Gasteiger partial charge in [-0.1, -0.05) is 20.8 Å². The summed E-state index contributed by atoms with van der Waals surface area (Å²) in [6.07, 6.45) is -1.18. The summed E-state index contributed by atoms with van der Waals surface area (Å²) in [5, 5.41) is 21.3. The summed E-state index contributed by atoms with van der Waals surface area (Å²) in [5.74, 6) is 1.11. The molecule has 25 heavy (non-hydrogen) atoms. The van der Waals surface area contributed by atoms with Gasteiger partial charge in [0.25, 0.3) is 0 Å². The van der Waals surface area contributed by atoms with E-state index in [1.165, 1.54) is 7.11 Å². The molecule has 4 atom stereocenters. The molecule has 0 rings (SSSR count). The average Bonchev–Trinajstić information content (AvgIpc) is 2.60. The zero-order valence-electron chi connectivity index (χ0n) is 15.7. The zero-order chi connectivity index (χ0) is 19.3. The highest BCUT2D eigenvalue weighted by atomic mass is 32.2. The molecule has 0 aromatic carbocycles. The Morgan fingerprint density at radius 2 is 2.04 bits per heavy atom. The number of hydrogen-bond donors (Lipinski definition) is 4. The van der Waals surface area contributed by atoms with Crippen molar-refractivity contribution < 1.29 is 29.2 Å². The molecule has 0 spiro atoms. The van der Waals surface area contributed by atoms with Crippen LogP contribution in [0.5, 0.6) is 0 Å². The number of hydrogen-bond acceptors (Lipinski definition) is 8. The summed E-state index contributed by atoms with van der Waals surface area (Å²) in [5.41, 5.74) is 4.70. The van der Waals surface area contributed by atoms with Crippen LogP contribution in [0.3, 0.4) is 0 Å². The first-order valence-corrected chi connectivity index (χ1v) is 9.57. The molecule has 5 N–H and O–H groups in total. The lowest BCUT2D eigenvalue weighted by molar-refractivity contribution is -0.185. The molecule has 0 saturated carbocycles. The van der Waals surface area contributed by atoms with Crippen molar-refractivity contribution in [3.63, 3.8) is 0 Å². The molecule has 0 aromatic heterocycles. The van der Waals surface area contributed by atoms with Crippen molar-refractivity contribution in [2.45, 2.75) is 39.7 Å². The molecule has 1 amide bonds. The fourth-order valence-electron chi connectivity index (χ4n) is 1.86. The topological polar surface area (TPSA) is 123 Å². The van der Waals surface area contributed by atoms with Crippen LogP contribution in [0, 0.1) is 11.3 Å². The van der Waals surface area contributed by atoms with Crippen molar-refractivity contribution in [1.29, 1.82) is 0 Å². The summed E-state index contributed by atoms with van der Waals surface area (Å²) in [4.78, 5) is 11.7. The third kappa shape index (κ3) is 11.0. The van der Waals surface area contributed by atoms with Gasteiger partial charge in [-0.3, -0.25) is 4.79 Å². The first-order valence-electron chi connectivity index (χ1n) is 8.42. The molecular formula is C16H34N2O6S. The number of aliphatic hydroxyl groups is 2. The molecule has 0 aliphatic heterocycles. The highest BCUT2D eigenvalue weighted by Crippen LogP contribution is 2.26. The van der Waals surface area contributed by atoms with Crippen LogP contribution in [0.15, 0.2) is 0 Å². The number of rotatable bonds is 15. The van der Waals surface area contributed by atoms with Gasteiger partial charge in [-0.25, -0.2) is 0 Å². The maximum absolute atomic E-state index is 11.7. The van der Waals surface area contributed by atoms with Gasteiger partial charge < -0.3 is 35.5 Å². The SMILES string of the molecule is CCC(C)(COCOCCSCC(C)C(=O)NCC(N)O)C(O)OC. The second-order valence-corrected chi connectivity index (χ2v) is 7.41. The predicted octanol–water partition coefficient (Wildman–Crippen LogP) is 0.121. The van der Waals surface area contributed by atoms with Crippen molar-refractivity contribution in [3.05, 3.63) is 0 Å². The number of nitrogens with one attached hydrogen (secondary N) is 1. The highest BCUT2D eigenvalue weighted by molar-refractivity contribution is 7.99. The summed E-state index contributed by atoms with van der Waals surface area (Å²) in [6, 6.07) is 0. The fraction of sp³-hybridized carbons (Fsp3) is 0.938. The van der Waals surface area contributed by atoms with Crippen molar-refractivity contribution in [1.82, 2.24) is 5.32 Å². The van der Waals surface area contributed by atoms with E-state index in [0.717, 1.165) is 12.2 Å². The number of amides is 1. The molecule has 0 aliphatic rings. The Kier molecular flexibility index (Phi) is 13.5. The third-order valence-electron chi connectivity index (χ3n) is 3.90. The van der Waals surface area contributed by atoms with E-state index in [2.05, 4.69) is 5.32 Å². The maximum Gasteiger partial charge on any atom is 0.223 e.